The zero-order valence-corrected chi connectivity index (χ0v) is 18.8. The van der Waals surface area contributed by atoms with Crippen molar-refractivity contribution in [3.63, 3.8) is 0 Å². The zero-order chi connectivity index (χ0) is 22.5. The van der Waals surface area contributed by atoms with E-state index < -0.39 is 0 Å². The quantitative estimate of drug-likeness (QED) is 0.432. The van der Waals surface area contributed by atoms with E-state index in [0.717, 1.165) is 59.4 Å². The van der Waals surface area contributed by atoms with Gasteiger partial charge in [0.15, 0.2) is 5.82 Å². The molecule has 5 heterocycles. The van der Waals surface area contributed by atoms with E-state index in [-0.39, 0.29) is 0 Å². The van der Waals surface area contributed by atoms with Crippen LogP contribution in [0.5, 0.6) is 0 Å². The maximum atomic E-state index is 9.11. The standard InChI is InChI=1S/C26H25N7/c1-30(2)21-9-11-31(16-21)25-8-7-23-22(29-25)17-32-15-20(19-5-3-18(14-27)4-6-19)13-24(32)26-28-10-12-33(23)26/h3-8,10,12-13,15,21H,9,11,16-17H2,1-2H3/t21-/m1/s1. The van der Waals surface area contributed by atoms with Crippen LogP contribution in [0, 0.1) is 11.3 Å². The summed E-state index contributed by atoms with van der Waals surface area (Å²) in [7, 11) is 4.30. The molecule has 1 aromatic carbocycles. The number of hydrogen-bond acceptors (Lipinski definition) is 5. The Labute approximate surface area is 193 Å². The number of rotatable bonds is 3. The van der Waals surface area contributed by atoms with Gasteiger partial charge in [0.05, 0.1) is 35.3 Å². The number of benzene rings is 1. The van der Waals surface area contributed by atoms with Gasteiger partial charge < -0.3 is 14.4 Å². The highest BCUT2D eigenvalue weighted by Crippen LogP contribution is 2.34. The lowest BCUT2D eigenvalue weighted by atomic mass is 10.1. The number of anilines is 1. The van der Waals surface area contributed by atoms with Gasteiger partial charge in [0.1, 0.15) is 5.82 Å². The molecule has 164 valence electrons. The first kappa shape index (κ1) is 19.8. The molecule has 7 nitrogen and oxygen atoms in total. The molecule has 0 radical (unpaired) electrons. The van der Waals surface area contributed by atoms with Crippen molar-refractivity contribution >= 4 is 5.82 Å². The Morgan fingerprint density at radius 2 is 1.94 bits per heavy atom. The minimum atomic E-state index is 0.567. The van der Waals surface area contributed by atoms with Crippen molar-refractivity contribution in [1.29, 1.82) is 5.26 Å². The molecule has 3 aromatic heterocycles. The number of hydrogen-bond donors (Lipinski definition) is 0. The number of nitriles is 1. The molecule has 33 heavy (non-hydrogen) atoms. The molecule has 0 spiro atoms. The predicted octanol–water partition coefficient (Wildman–Crippen LogP) is 3.78. The Morgan fingerprint density at radius 1 is 1.09 bits per heavy atom. The van der Waals surface area contributed by atoms with E-state index >= 15 is 0 Å². The maximum Gasteiger partial charge on any atom is 0.161 e. The normalized spacial score (nSPS) is 16.8. The summed E-state index contributed by atoms with van der Waals surface area (Å²) in [4.78, 5) is 14.5. The van der Waals surface area contributed by atoms with E-state index in [1.54, 1.807) is 0 Å². The van der Waals surface area contributed by atoms with Crippen molar-refractivity contribution in [3.05, 3.63) is 72.3 Å². The van der Waals surface area contributed by atoms with Crippen LogP contribution < -0.4 is 4.90 Å². The average Bonchev–Trinajstić information content (AvgIpc) is 3.58. The van der Waals surface area contributed by atoms with Crippen LogP contribution >= 0.6 is 0 Å². The number of nitrogens with zero attached hydrogens (tertiary/aromatic N) is 7. The molecule has 2 aliphatic heterocycles. The van der Waals surface area contributed by atoms with Gasteiger partial charge in [0.25, 0.3) is 0 Å². The highest BCUT2D eigenvalue weighted by atomic mass is 15.3. The Balaban J connectivity index is 1.40. The fraction of sp³-hybridized carbons (Fsp3) is 0.269. The predicted molar refractivity (Wildman–Crippen MR) is 128 cm³/mol. The molecule has 0 amide bonds. The van der Waals surface area contributed by atoms with E-state index in [9.17, 15) is 0 Å². The summed E-state index contributed by atoms with van der Waals surface area (Å²) >= 11 is 0. The molecule has 0 N–H and O–H groups in total. The van der Waals surface area contributed by atoms with Gasteiger partial charge in [-0.25, -0.2) is 9.97 Å². The van der Waals surface area contributed by atoms with Crippen LogP contribution in [0.4, 0.5) is 5.82 Å². The molecule has 6 rings (SSSR count). The summed E-state index contributed by atoms with van der Waals surface area (Å²) in [6, 6.07) is 17.0. The Hall–Kier alpha value is -3.89. The van der Waals surface area contributed by atoms with Gasteiger partial charge in [-0.1, -0.05) is 12.1 Å². The van der Waals surface area contributed by atoms with Crippen molar-refractivity contribution in [2.45, 2.75) is 19.0 Å². The fourth-order valence-corrected chi connectivity index (χ4v) is 4.94. The number of aromatic nitrogens is 4. The molecule has 1 saturated heterocycles. The first-order valence-corrected chi connectivity index (χ1v) is 11.3. The summed E-state index contributed by atoms with van der Waals surface area (Å²) in [5, 5.41) is 9.11. The average molecular weight is 436 g/mol. The van der Waals surface area contributed by atoms with Gasteiger partial charge in [0.2, 0.25) is 0 Å². The third-order valence-electron chi connectivity index (χ3n) is 6.85. The highest BCUT2D eigenvalue weighted by Gasteiger charge is 2.27. The summed E-state index contributed by atoms with van der Waals surface area (Å²) < 4.78 is 4.38. The second-order valence-corrected chi connectivity index (χ2v) is 9.04. The summed E-state index contributed by atoms with van der Waals surface area (Å²) in [6.07, 6.45) is 7.18. The number of imidazole rings is 1. The second kappa shape index (κ2) is 7.61. The molecular weight excluding hydrogens is 410 g/mol. The molecule has 7 heteroatoms. The van der Waals surface area contributed by atoms with E-state index in [1.165, 1.54) is 0 Å². The first-order valence-electron chi connectivity index (χ1n) is 11.3. The van der Waals surface area contributed by atoms with E-state index in [2.05, 4.69) is 68.5 Å². The molecule has 4 aromatic rings. The van der Waals surface area contributed by atoms with Crippen LogP contribution in [0.25, 0.3) is 28.3 Å². The molecule has 2 aliphatic rings. The lowest BCUT2D eigenvalue weighted by Crippen LogP contribution is -2.31. The minimum Gasteiger partial charge on any atom is -0.355 e. The van der Waals surface area contributed by atoms with Gasteiger partial charge in [0, 0.05) is 43.3 Å². The van der Waals surface area contributed by atoms with Crippen LogP contribution in [0.3, 0.4) is 0 Å². The second-order valence-electron chi connectivity index (χ2n) is 9.04. The van der Waals surface area contributed by atoms with E-state index in [1.807, 2.05) is 36.7 Å². The monoisotopic (exact) mass is 435 g/mol. The molecular formula is C26H25N7. The Bertz CT molecular complexity index is 1370. The van der Waals surface area contributed by atoms with Crippen molar-refractivity contribution in [2.24, 2.45) is 0 Å². The fourth-order valence-electron chi connectivity index (χ4n) is 4.94. The summed E-state index contributed by atoms with van der Waals surface area (Å²) in [5.41, 5.74) is 6.05. The zero-order valence-electron chi connectivity index (χ0n) is 18.8. The van der Waals surface area contributed by atoms with Gasteiger partial charge in [-0.2, -0.15) is 5.26 Å². The Kier molecular flexibility index (Phi) is 4.56. The lowest BCUT2D eigenvalue weighted by molar-refractivity contribution is 0.315. The molecule has 1 fully saturated rings. The molecule has 0 unspecified atom stereocenters. The summed E-state index contributed by atoms with van der Waals surface area (Å²) in [5.74, 6) is 1.96. The third-order valence-corrected chi connectivity index (χ3v) is 6.85. The largest absolute Gasteiger partial charge is 0.355 e. The first-order chi connectivity index (χ1) is 16.1. The van der Waals surface area contributed by atoms with Crippen LogP contribution in [-0.2, 0) is 6.54 Å². The minimum absolute atomic E-state index is 0.567. The lowest BCUT2D eigenvalue weighted by Gasteiger charge is -2.22. The van der Waals surface area contributed by atoms with Gasteiger partial charge in [-0.05, 0) is 56.4 Å². The molecule has 0 aliphatic carbocycles. The van der Waals surface area contributed by atoms with Gasteiger partial charge in [-0.15, -0.1) is 0 Å². The smallest absolute Gasteiger partial charge is 0.161 e. The SMILES string of the molecule is CN(C)[C@@H]1CCN(c2ccc3c(n2)Cn2cc(-c4ccc(C#N)cc4)cc2-c2nccn2-3)C1. The van der Waals surface area contributed by atoms with Crippen LogP contribution in [0.1, 0.15) is 17.7 Å². The van der Waals surface area contributed by atoms with Crippen LogP contribution in [-0.4, -0.2) is 57.2 Å². The van der Waals surface area contributed by atoms with Crippen molar-refractivity contribution < 1.29 is 0 Å². The van der Waals surface area contributed by atoms with Crippen molar-refractivity contribution in [3.8, 4) is 34.4 Å². The highest BCUT2D eigenvalue weighted by molar-refractivity contribution is 5.72. The molecule has 0 bridgehead atoms. The molecule has 0 saturated carbocycles. The molecule has 1 atom stereocenters. The maximum absolute atomic E-state index is 9.11. The van der Waals surface area contributed by atoms with Crippen LogP contribution in [0.2, 0.25) is 0 Å². The van der Waals surface area contributed by atoms with Crippen molar-refractivity contribution in [2.75, 3.05) is 32.1 Å². The Morgan fingerprint density at radius 3 is 2.70 bits per heavy atom. The van der Waals surface area contributed by atoms with E-state index in [0.29, 0.717) is 18.2 Å². The van der Waals surface area contributed by atoms with Crippen molar-refractivity contribution in [1.82, 2.24) is 24.0 Å². The van der Waals surface area contributed by atoms with E-state index in [4.69, 9.17) is 10.2 Å². The topological polar surface area (TPSA) is 65.9 Å². The third kappa shape index (κ3) is 3.31. The number of fused-ring (bicyclic) bond motifs is 5. The number of likely N-dealkylation sites (N-methyl/N-ethyl adjacent to an activating group) is 1. The van der Waals surface area contributed by atoms with Crippen LogP contribution in [0.15, 0.2) is 61.1 Å². The number of pyridine rings is 1. The summed E-state index contributed by atoms with van der Waals surface area (Å²) in [6.45, 7) is 2.72. The van der Waals surface area contributed by atoms with Gasteiger partial charge in [-0.3, -0.25) is 4.57 Å². The van der Waals surface area contributed by atoms with Gasteiger partial charge >= 0.3 is 0 Å².